The van der Waals surface area contributed by atoms with Crippen molar-refractivity contribution in [1.82, 2.24) is 5.32 Å². The topological polar surface area (TPSA) is 49.3 Å². The molecule has 0 aromatic carbocycles. The Bertz CT molecular complexity index is 384. The van der Waals surface area contributed by atoms with Gasteiger partial charge in [0.1, 0.15) is 0 Å². The summed E-state index contributed by atoms with van der Waals surface area (Å²) in [6.45, 7) is 0.696. The van der Waals surface area contributed by atoms with Crippen LogP contribution in [0.25, 0.3) is 0 Å². The van der Waals surface area contributed by atoms with Crippen molar-refractivity contribution < 1.29 is 9.90 Å². The van der Waals surface area contributed by atoms with E-state index in [0.29, 0.717) is 12.5 Å². The molecule has 2 unspecified atom stereocenters. The number of aliphatic hydroxyl groups excluding tert-OH is 1. The lowest BCUT2D eigenvalue weighted by atomic mass is 9.49. The fraction of sp³-hybridized carbons (Fsp3) is 0.944. The molecule has 2 N–H and O–H groups in total. The van der Waals surface area contributed by atoms with Gasteiger partial charge in [-0.15, -0.1) is 0 Å². The van der Waals surface area contributed by atoms with Gasteiger partial charge < -0.3 is 10.4 Å². The summed E-state index contributed by atoms with van der Waals surface area (Å²) in [6, 6.07) is 0. The van der Waals surface area contributed by atoms with Crippen LogP contribution in [-0.2, 0) is 4.79 Å². The lowest BCUT2D eigenvalue weighted by Crippen LogP contribution is -2.54. The van der Waals surface area contributed by atoms with Gasteiger partial charge in [-0.1, -0.05) is 12.8 Å². The Hall–Kier alpha value is -0.570. The van der Waals surface area contributed by atoms with Crippen molar-refractivity contribution in [2.45, 2.75) is 70.3 Å². The maximum Gasteiger partial charge on any atom is 0.226 e. The van der Waals surface area contributed by atoms with Gasteiger partial charge in [0.2, 0.25) is 5.91 Å². The molecule has 0 aromatic rings. The molecular weight excluding hydrogens is 262 g/mol. The van der Waals surface area contributed by atoms with Crippen molar-refractivity contribution in [3.05, 3.63) is 0 Å². The molecule has 3 heteroatoms. The number of rotatable bonds is 3. The minimum absolute atomic E-state index is 0.0334. The van der Waals surface area contributed by atoms with Crippen molar-refractivity contribution in [1.29, 1.82) is 0 Å². The van der Waals surface area contributed by atoms with Crippen molar-refractivity contribution in [2.75, 3.05) is 6.54 Å². The van der Waals surface area contributed by atoms with Crippen molar-refractivity contribution in [2.24, 2.45) is 29.1 Å². The summed E-state index contributed by atoms with van der Waals surface area (Å²) in [5.41, 5.74) is -0.0334. The predicted molar refractivity (Wildman–Crippen MR) is 81.6 cm³/mol. The highest BCUT2D eigenvalue weighted by atomic mass is 16.3. The molecule has 5 aliphatic carbocycles. The van der Waals surface area contributed by atoms with Crippen molar-refractivity contribution in [3.63, 3.8) is 0 Å². The zero-order valence-electron chi connectivity index (χ0n) is 13.0. The van der Waals surface area contributed by atoms with Gasteiger partial charge in [-0.2, -0.15) is 0 Å². The number of hydrogen-bond donors (Lipinski definition) is 2. The van der Waals surface area contributed by atoms with Gasteiger partial charge in [0, 0.05) is 17.9 Å². The Morgan fingerprint density at radius 3 is 2.14 bits per heavy atom. The number of carbonyl (C=O) groups excluding carboxylic acids is 1. The molecule has 5 fully saturated rings. The first-order valence-corrected chi connectivity index (χ1v) is 9.11. The third-order valence-electron chi connectivity index (χ3n) is 6.91. The van der Waals surface area contributed by atoms with Crippen LogP contribution in [0.4, 0.5) is 0 Å². The van der Waals surface area contributed by atoms with Crippen LogP contribution >= 0.6 is 0 Å². The molecule has 21 heavy (non-hydrogen) atoms. The molecule has 0 radical (unpaired) electrons. The van der Waals surface area contributed by atoms with Crippen LogP contribution in [-0.4, -0.2) is 23.7 Å². The van der Waals surface area contributed by atoms with Crippen molar-refractivity contribution >= 4 is 5.91 Å². The average molecular weight is 291 g/mol. The van der Waals surface area contributed by atoms with E-state index in [-0.39, 0.29) is 17.4 Å². The van der Waals surface area contributed by atoms with Gasteiger partial charge in [-0.3, -0.25) is 4.79 Å². The molecule has 0 aromatic heterocycles. The van der Waals surface area contributed by atoms with E-state index < -0.39 is 0 Å². The van der Waals surface area contributed by atoms with E-state index in [1.807, 2.05) is 0 Å². The van der Waals surface area contributed by atoms with E-state index in [0.717, 1.165) is 56.3 Å². The maximum atomic E-state index is 12.9. The fourth-order valence-electron chi connectivity index (χ4n) is 6.23. The summed E-state index contributed by atoms with van der Waals surface area (Å²) in [7, 11) is 0. The Morgan fingerprint density at radius 2 is 1.57 bits per heavy atom. The van der Waals surface area contributed by atoms with E-state index >= 15 is 0 Å². The number of hydrogen-bond acceptors (Lipinski definition) is 2. The second kappa shape index (κ2) is 5.26. The standard InChI is InChI=1S/C18H29NO2/c20-16-4-2-1-3-15(16)11-19-17(21)18-8-12-5-13(9-18)7-14(6-12)10-18/h12-16,20H,1-11H2,(H,19,21). The number of carbonyl (C=O) groups is 1. The first-order valence-electron chi connectivity index (χ1n) is 9.11. The number of amides is 1. The van der Waals surface area contributed by atoms with Gasteiger partial charge in [-0.25, -0.2) is 0 Å². The van der Waals surface area contributed by atoms with Crippen LogP contribution in [0.3, 0.4) is 0 Å². The molecule has 4 bridgehead atoms. The second-order valence-corrected chi connectivity index (χ2v) is 8.52. The highest BCUT2D eigenvalue weighted by Crippen LogP contribution is 2.60. The van der Waals surface area contributed by atoms with E-state index in [4.69, 9.17) is 0 Å². The lowest BCUT2D eigenvalue weighted by Gasteiger charge is -2.55. The molecule has 0 heterocycles. The Balaban J connectivity index is 1.38. The highest BCUT2D eigenvalue weighted by Gasteiger charge is 2.54. The molecule has 0 saturated heterocycles. The predicted octanol–water partition coefficient (Wildman–Crippen LogP) is 2.87. The maximum absolute atomic E-state index is 12.9. The smallest absolute Gasteiger partial charge is 0.226 e. The second-order valence-electron chi connectivity index (χ2n) is 8.52. The Labute approximate surface area is 127 Å². The fourth-order valence-corrected chi connectivity index (χ4v) is 6.23. The average Bonchev–Trinajstić information content (AvgIpc) is 2.44. The molecule has 1 amide bonds. The van der Waals surface area contributed by atoms with Gasteiger partial charge in [0.25, 0.3) is 0 Å². The molecule has 2 atom stereocenters. The molecular formula is C18H29NO2. The van der Waals surface area contributed by atoms with E-state index in [2.05, 4.69) is 5.32 Å². The van der Waals surface area contributed by atoms with Crippen LogP contribution in [0.1, 0.15) is 64.2 Å². The number of nitrogens with one attached hydrogen (secondary N) is 1. The molecule has 5 aliphatic rings. The van der Waals surface area contributed by atoms with E-state index in [9.17, 15) is 9.90 Å². The van der Waals surface area contributed by atoms with Crippen LogP contribution in [0, 0.1) is 29.1 Å². The summed E-state index contributed by atoms with van der Waals surface area (Å²) in [5, 5.41) is 13.3. The summed E-state index contributed by atoms with van der Waals surface area (Å²) in [6.07, 6.45) is 11.7. The summed E-state index contributed by atoms with van der Waals surface area (Å²) < 4.78 is 0. The highest BCUT2D eigenvalue weighted by molar-refractivity contribution is 5.83. The monoisotopic (exact) mass is 291 g/mol. The van der Waals surface area contributed by atoms with Crippen LogP contribution in [0.15, 0.2) is 0 Å². The largest absolute Gasteiger partial charge is 0.393 e. The molecule has 0 aliphatic heterocycles. The summed E-state index contributed by atoms with van der Waals surface area (Å²) in [4.78, 5) is 12.9. The third kappa shape index (κ3) is 2.52. The normalized spacial score (nSPS) is 48.3. The van der Waals surface area contributed by atoms with Gasteiger partial charge >= 0.3 is 0 Å². The quantitative estimate of drug-likeness (QED) is 0.840. The third-order valence-corrected chi connectivity index (χ3v) is 6.91. The van der Waals surface area contributed by atoms with Gasteiger partial charge in [-0.05, 0) is 69.1 Å². The van der Waals surface area contributed by atoms with E-state index in [1.54, 1.807) is 0 Å². The first kappa shape index (κ1) is 14.0. The molecule has 5 saturated carbocycles. The molecule has 3 nitrogen and oxygen atoms in total. The van der Waals surface area contributed by atoms with Crippen LogP contribution in [0.2, 0.25) is 0 Å². The minimum atomic E-state index is -0.199. The Morgan fingerprint density at radius 1 is 1.00 bits per heavy atom. The van der Waals surface area contributed by atoms with E-state index in [1.165, 1.54) is 25.7 Å². The molecule has 0 spiro atoms. The molecule has 5 rings (SSSR count). The van der Waals surface area contributed by atoms with Gasteiger partial charge in [0.15, 0.2) is 0 Å². The van der Waals surface area contributed by atoms with Crippen LogP contribution < -0.4 is 5.32 Å². The first-order chi connectivity index (χ1) is 10.1. The Kier molecular flexibility index (Phi) is 3.52. The van der Waals surface area contributed by atoms with Crippen LogP contribution in [0.5, 0.6) is 0 Å². The zero-order chi connectivity index (χ0) is 14.4. The van der Waals surface area contributed by atoms with Crippen molar-refractivity contribution in [3.8, 4) is 0 Å². The van der Waals surface area contributed by atoms with Gasteiger partial charge in [0.05, 0.1) is 6.10 Å². The lowest BCUT2D eigenvalue weighted by molar-refractivity contribution is -0.146. The minimum Gasteiger partial charge on any atom is -0.393 e. The number of aliphatic hydroxyl groups is 1. The summed E-state index contributed by atoms with van der Waals surface area (Å²) >= 11 is 0. The summed E-state index contributed by atoms with van der Waals surface area (Å²) in [5.74, 6) is 3.07. The SMILES string of the molecule is O=C(NCC1CCCCC1O)C12CC3CC(CC(C3)C1)C2. The molecule has 118 valence electrons. The zero-order valence-corrected chi connectivity index (χ0v) is 13.0.